The van der Waals surface area contributed by atoms with E-state index in [1.165, 1.54) is 0 Å². The van der Waals surface area contributed by atoms with Gasteiger partial charge in [-0.05, 0) is 37.9 Å². The van der Waals surface area contributed by atoms with Crippen LogP contribution in [0.2, 0.25) is 0 Å². The number of aryl methyl sites for hydroxylation is 1. The molecular formula is C18H21N3O2S. The van der Waals surface area contributed by atoms with Crippen LogP contribution in [0.4, 0.5) is 0 Å². The lowest BCUT2D eigenvalue weighted by Gasteiger charge is -2.12. The minimum absolute atomic E-state index is 0.653. The van der Waals surface area contributed by atoms with Crippen molar-refractivity contribution in [1.82, 2.24) is 13.9 Å². The third-order valence-electron chi connectivity index (χ3n) is 4.14. The molecule has 0 fully saturated rings. The van der Waals surface area contributed by atoms with E-state index >= 15 is 0 Å². The van der Waals surface area contributed by atoms with Crippen LogP contribution in [-0.2, 0) is 6.42 Å². The number of hydrogen-bond acceptors (Lipinski definition) is 5. The standard InChI is InChI=1S/C18H21N3O2S/c1-11-10-19-14(12(2)18(11)23-4)9-17-20-15-8-13(22-3)6-7-16(15)21(17)24-5/h6-8,10H,9H2,1-5H3. The predicted molar refractivity (Wildman–Crippen MR) is 98.3 cm³/mol. The maximum Gasteiger partial charge on any atom is 0.128 e. The average molecular weight is 343 g/mol. The molecule has 0 aliphatic heterocycles. The molecule has 0 radical (unpaired) electrons. The molecule has 0 N–H and O–H groups in total. The largest absolute Gasteiger partial charge is 0.497 e. The maximum atomic E-state index is 5.51. The Morgan fingerprint density at radius 2 is 1.96 bits per heavy atom. The van der Waals surface area contributed by atoms with Gasteiger partial charge in [-0.15, -0.1) is 0 Å². The summed E-state index contributed by atoms with van der Waals surface area (Å²) < 4.78 is 13.0. The SMILES string of the molecule is COc1ccc2c(c1)nc(Cc1ncc(C)c(OC)c1C)n2SC. The Morgan fingerprint density at radius 3 is 2.62 bits per heavy atom. The first-order chi connectivity index (χ1) is 11.6. The molecule has 2 aromatic heterocycles. The lowest BCUT2D eigenvalue weighted by molar-refractivity contribution is 0.407. The number of aromatic nitrogens is 3. The van der Waals surface area contributed by atoms with Crippen LogP contribution in [0.1, 0.15) is 22.6 Å². The highest BCUT2D eigenvalue weighted by Gasteiger charge is 2.16. The van der Waals surface area contributed by atoms with Crippen LogP contribution in [0.15, 0.2) is 24.4 Å². The topological polar surface area (TPSA) is 49.2 Å². The van der Waals surface area contributed by atoms with E-state index in [0.29, 0.717) is 6.42 Å². The molecule has 0 saturated heterocycles. The van der Waals surface area contributed by atoms with Crippen LogP contribution in [0.5, 0.6) is 11.5 Å². The lowest BCUT2D eigenvalue weighted by atomic mass is 10.1. The summed E-state index contributed by atoms with van der Waals surface area (Å²) in [5.74, 6) is 2.67. The van der Waals surface area contributed by atoms with E-state index < -0.39 is 0 Å². The van der Waals surface area contributed by atoms with Gasteiger partial charge in [0.05, 0.1) is 30.9 Å². The first-order valence-electron chi connectivity index (χ1n) is 7.68. The Kier molecular flexibility index (Phi) is 4.66. The number of fused-ring (bicyclic) bond motifs is 1. The smallest absolute Gasteiger partial charge is 0.128 e. The second-order valence-corrected chi connectivity index (χ2v) is 6.31. The number of rotatable bonds is 5. The highest BCUT2D eigenvalue weighted by molar-refractivity contribution is 7.97. The van der Waals surface area contributed by atoms with Crippen molar-refractivity contribution in [3.63, 3.8) is 0 Å². The van der Waals surface area contributed by atoms with Crippen molar-refractivity contribution in [3.05, 3.63) is 47.0 Å². The van der Waals surface area contributed by atoms with Crippen molar-refractivity contribution in [2.45, 2.75) is 20.3 Å². The van der Waals surface area contributed by atoms with Gasteiger partial charge in [0.25, 0.3) is 0 Å². The molecule has 5 nitrogen and oxygen atoms in total. The summed E-state index contributed by atoms with van der Waals surface area (Å²) in [5, 5.41) is 0. The summed E-state index contributed by atoms with van der Waals surface area (Å²) in [6.45, 7) is 4.05. The zero-order valence-electron chi connectivity index (χ0n) is 14.6. The Balaban J connectivity index is 2.07. The molecule has 24 heavy (non-hydrogen) atoms. The third-order valence-corrected chi connectivity index (χ3v) is 4.92. The van der Waals surface area contributed by atoms with Gasteiger partial charge in [0, 0.05) is 36.1 Å². The van der Waals surface area contributed by atoms with E-state index in [1.54, 1.807) is 26.2 Å². The van der Waals surface area contributed by atoms with Gasteiger partial charge in [0.1, 0.15) is 17.3 Å². The third kappa shape index (κ3) is 2.82. The summed E-state index contributed by atoms with van der Waals surface area (Å²) in [6.07, 6.45) is 4.56. The molecule has 0 unspecified atom stereocenters. The molecule has 0 amide bonds. The van der Waals surface area contributed by atoms with Gasteiger partial charge >= 0.3 is 0 Å². The summed E-state index contributed by atoms with van der Waals surface area (Å²) in [5.41, 5.74) is 5.09. The van der Waals surface area contributed by atoms with Gasteiger partial charge in [-0.25, -0.2) is 4.98 Å². The molecule has 6 heteroatoms. The number of benzene rings is 1. The van der Waals surface area contributed by atoms with Crippen molar-refractivity contribution >= 4 is 23.0 Å². The Morgan fingerprint density at radius 1 is 1.17 bits per heavy atom. The summed E-state index contributed by atoms with van der Waals surface area (Å²) in [7, 11) is 3.36. The minimum Gasteiger partial charge on any atom is -0.497 e. The fourth-order valence-corrected chi connectivity index (χ4v) is 3.60. The van der Waals surface area contributed by atoms with Gasteiger partial charge in [-0.3, -0.25) is 8.96 Å². The highest BCUT2D eigenvalue weighted by Crippen LogP contribution is 2.29. The van der Waals surface area contributed by atoms with Crippen LogP contribution >= 0.6 is 11.9 Å². The Bertz CT molecular complexity index is 890. The zero-order chi connectivity index (χ0) is 17.3. The van der Waals surface area contributed by atoms with Crippen molar-refractivity contribution in [3.8, 4) is 11.5 Å². The van der Waals surface area contributed by atoms with Crippen LogP contribution in [-0.4, -0.2) is 34.4 Å². The second kappa shape index (κ2) is 6.73. The maximum absolute atomic E-state index is 5.51. The zero-order valence-corrected chi connectivity index (χ0v) is 15.4. The van der Waals surface area contributed by atoms with Gasteiger partial charge in [-0.2, -0.15) is 0 Å². The average Bonchev–Trinajstić information content (AvgIpc) is 2.93. The molecule has 0 bridgehead atoms. The normalized spacial score (nSPS) is 11.0. The predicted octanol–water partition coefficient (Wildman–Crippen LogP) is 3.78. The Labute approximate surface area is 146 Å². The quantitative estimate of drug-likeness (QED) is 0.705. The van der Waals surface area contributed by atoms with E-state index in [1.807, 2.05) is 44.5 Å². The van der Waals surface area contributed by atoms with Crippen molar-refractivity contribution < 1.29 is 9.47 Å². The van der Waals surface area contributed by atoms with Gasteiger partial charge < -0.3 is 9.47 Å². The highest BCUT2D eigenvalue weighted by atomic mass is 32.2. The number of imidazole rings is 1. The van der Waals surface area contributed by atoms with Gasteiger partial charge in [0.2, 0.25) is 0 Å². The van der Waals surface area contributed by atoms with E-state index in [0.717, 1.165) is 45.2 Å². The van der Waals surface area contributed by atoms with Gasteiger partial charge in [0.15, 0.2) is 0 Å². The van der Waals surface area contributed by atoms with Crippen molar-refractivity contribution in [2.75, 3.05) is 20.5 Å². The van der Waals surface area contributed by atoms with Crippen molar-refractivity contribution in [2.24, 2.45) is 0 Å². The number of pyridine rings is 1. The van der Waals surface area contributed by atoms with Gasteiger partial charge in [-0.1, -0.05) is 0 Å². The molecule has 3 aromatic rings. The van der Waals surface area contributed by atoms with Crippen molar-refractivity contribution in [1.29, 1.82) is 0 Å². The first kappa shape index (κ1) is 16.6. The molecule has 0 saturated carbocycles. The number of methoxy groups -OCH3 is 2. The fraction of sp³-hybridized carbons (Fsp3) is 0.333. The molecule has 1 aromatic carbocycles. The van der Waals surface area contributed by atoms with Crippen LogP contribution < -0.4 is 9.47 Å². The monoisotopic (exact) mass is 343 g/mol. The molecule has 3 rings (SSSR count). The lowest BCUT2D eigenvalue weighted by Crippen LogP contribution is -2.04. The molecule has 0 aliphatic carbocycles. The molecular weight excluding hydrogens is 322 g/mol. The van der Waals surface area contributed by atoms with E-state index in [2.05, 4.69) is 8.96 Å². The molecule has 2 heterocycles. The first-order valence-corrected chi connectivity index (χ1v) is 8.86. The van der Waals surface area contributed by atoms with Crippen LogP contribution in [0.3, 0.4) is 0 Å². The second-order valence-electron chi connectivity index (χ2n) is 5.58. The molecule has 0 atom stereocenters. The number of hydrogen-bond donors (Lipinski definition) is 0. The summed E-state index contributed by atoms with van der Waals surface area (Å²) >= 11 is 1.64. The van der Waals surface area contributed by atoms with Crippen LogP contribution in [0, 0.1) is 13.8 Å². The van der Waals surface area contributed by atoms with E-state index in [4.69, 9.17) is 14.5 Å². The Hall–Kier alpha value is -2.21. The number of nitrogens with zero attached hydrogens (tertiary/aromatic N) is 3. The summed E-state index contributed by atoms with van der Waals surface area (Å²) in [4.78, 5) is 9.38. The van der Waals surface area contributed by atoms with E-state index in [9.17, 15) is 0 Å². The summed E-state index contributed by atoms with van der Waals surface area (Å²) in [6, 6.07) is 5.96. The molecule has 0 aliphatic rings. The minimum atomic E-state index is 0.653. The molecule has 0 spiro atoms. The van der Waals surface area contributed by atoms with Crippen LogP contribution in [0.25, 0.3) is 11.0 Å². The molecule has 126 valence electrons. The fourth-order valence-electron chi connectivity index (χ4n) is 2.93. The number of ether oxygens (including phenoxy) is 2. The van der Waals surface area contributed by atoms with E-state index in [-0.39, 0.29) is 0 Å².